The van der Waals surface area contributed by atoms with Crippen molar-refractivity contribution in [2.24, 2.45) is 5.73 Å². The van der Waals surface area contributed by atoms with E-state index in [1.54, 1.807) is 72.8 Å². The Balaban J connectivity index is 1.38. The van der Waals surface area contributed by atoms with Crippen LogP contribution in [0, 0.1) is 5.82 Å². The number of primary amides is 1. The molecule has 0 spiro atoms. The summed E-state index contributed by atoms with van der Waals surface area (Å²) >= 11 is 1.29. The van der Waals surface area contributed by atoms with Crippen molar-refractivity contribution < 1.29 is 23.6 Å². The van der Waals surface area contributed by atoms with Gasteiger partial charge in [-0.25, -0.2) is 4.39 Å². The molecule has 0 radical (unpaired) electrons. The Morgan fingerprint density at radius 1 is 0.732 bits per heavy atom. The Morgan fingerprint density at radius 2 is 1.34 bits per heavy atom. The number of amides is 4. The van der Waals surface area contributed by atoms with Gasteiger partial charge in [0, 0.05) is 33.0 Å². The molecule has 10 heteroatoms. The highest BCUT2D eigenvalue weighted by molar-refractivity contribution is 8.00. The molecule has 0 unspecified atom stereocenters. The molecule has 4 rings (SSSR count). The third-order valence-corrected chi connectivity index (χ3v) is 6.68. The SMILES string of the molecule is NC(=O)c1ccc(NC(=O)CSc2ccc(NC(=O)/C(=C/c3ccccc3F)NC(=O)c3ccccc3)cc2)cc1. The number of carbonyl (C=O) groups is 4. The van der Waals surface area contributed by atoms with Gasteiger partial charge in [0.2, 0.25) is 11.8 Å². The molecule has 0 aliphatic rings. The first-order valence-electron chi connectivity index (χ1n) is 12.3. The number of benzene rings is 4. The van der Waals surface area contributed by atoms with Crippen LogP contribution in [0.2, 0.25) is 0 Å². The molecule has 0 heterocycles. The molecular formula is C31H25FN4O4S. The molecule has 4 amide bonds. The van der Waals surface area contributed by atoms with E-state index in [-0.39, 0.29) is 22.9 Å². The van der Waals surface area contributed by atoms with E-state index in [0.717, 1.165) is 4.90 Å². The quantitative estimate of drug-likeness (QED) is 0.157. The van der Waals surface area contributed by atoms with Crippen molar-refractivity contribution in [2.45, 2.75) is 4.90 Å². The van der Waals surface area contributed by atoms with Crippen LogP contribution < -0.4 is 21.7 Å². The van der Waals surface area contributed by atoms with Crippen LogP contribution in [0.15, 0.2) is 114 Å². The van der Waals surface area contributed by atoms with E-state index in [1.807, 2.05) is 0 Å². The van der Waals surface area contributed by atoms with E-state index in [1.165, 1.54) is 48.2 Å². The molecule has 0 aromatic heterocycles. The van der Waals surface area contributed by atoms with Gasteiger partial charge in [0.25, 0.3) is 11.8 Å². The predicted octanol–water partition coefficient (Wildman–Crippen LogP) is 5.07. The summed E-state index contributed by atoms with van der Waals surface area (Å²) < 4.78 is 14.3. The van der Waals surface area contributed by atoms with Gasteiger partial charge in [-0.3, -0.25) is 19.2 Å². The number of thioether (sulfide) groups is 1. The lowest BCUT2D eigenvalue weighted by Gasteiger charge is -2.12. The Labute approximate surface area is 239 Å². The van der Waals surface area contributed by atoms with E-state index in [4.69, 9.17) is 5.73 Å². The zero-order valence-electron chi connectivity index (χ0n) is 21.6. The summed E-state index contributed by atoms with van der Waals surface area (Å²) in [5, 5.41) is 8.03. The zero-order valence-corrected chi connectivity index (χ0v) is 22.4. The third-order valence-electron chi connectivity index (χ3n) is 5.67. The molecule has 0 fully saturated rings. The number of anilines is 2. The van der Waals surface area contributed by atoms with Gasteiger partial charge < -0.3 is 21.7 Å². The van der Waals surface area contributed by atoms with Gasteiger partial charge in [0.15, 0.2) is 0 Å². The van der Waals surface area contributed by atoms with Crippen LogP contribution in [0.3, 0.4) is 0 Å². The standard InChI is InChI=1S/C31H25FN4O4S/c32-26-9-5-4-8-22(26)18-27(36-30(39)21-6-2-1-3-7-21)31(40)35-24-14-16-25(17-15-24)41-19-28(37)34-23-12-10-20(11-13-23)29(33)38/h1-18H,19H2,(H2,33,38)(H,34,37)(H,35,40)(H,36,39)/b27-18-. The summed E-state index contributed by atoms with van der Waals surface area (Å²) in [7, 11) is 0. The average Bonchev–Trinajstić information content (AvgIpc) is 2.98. The Kier molecular flexibility index (Phi) is 9.63. The minimum atomic E-state index is -0.639. The van der Waals surface area contributed by atoms with Crippen LogP contribution in [-0.4, -0.2) is 29.4 Å². The van der Waals surface area contributed by atoms with Gasteiger partial charge in [-0.2, -0.15) is 0 Å². The largest absolute Gasteiger partial charge is 0.366 e. The lowest BCUT2D eigenvalue weighted by Crippen LogP contribution is -2.30. The monoisotopic (exact) mass is 568 g/mol. The van der Waals surface area contributed by atoms with Crippen molar-refractivity contribution in [3.8, 4) is 0 Å². The number of nitrogens with two attached hydrogens (primary N) is 1. The van der Waals surface area contributed by atoms with E-state index in [9.17, 15) is 23.6 Å². The fraction of sp³-hybridized carbons (Fsp3) is 0.0323. The number of hydrogen-bond donors (Lipinski definition) is 4. The number of hydrogen-bond acceptors (Lipinski definition) is 5. The van der Waals surface area contributed by atoms with E-state index in [0.29, 0.717) is 22.5 Å². The van der Waals surface area contributed by atoms with Crippen molar-refractivity contribution >= 4 is 52.8 Å². The normalized spacial score (nSPS) is 10.9. The van der Waals surface area contributed by atoms with E-state index in [2.05, 4.69) is 16.0 Å². The van der Waals surface area contributed by atoms with Gasteiger partial charge >= 0.3 is 0 Å². The van der Waals surface area contributed by atoms with Gasteiger partial charge in [-0.1, -0.05) is 36.4 Å². The molecule has 41 heavy (non-hydrogen) atoms. The highest BCUT2D eigenvalue weighted by Crippen LogP contribution is 2.21. The number of rotatable bonds is 10. The first-order chi connectivity index (χ1) is 19.8. The van der Waals surface area contributed by atoms with Crippen molar-refractivity contribution in [1.82, 2.24) is 5.32 Å². The molecule has 8 nitrogen and oxygen atoms in total. The summed E-state index contributed by atoms with van der Waals surface area (Å²) in [6.45, 7) is 0. The van der Waals surface area contributed by atoms with Crippen LogP contribution in [0.5, 0.6) is 0 Å². The molecule has 0 saturated heterocycles. The van der Waals surface area contributed by atoms with Crippen LogP contribution in [-0.2, 0) is 9.59 Å². The molecule has 0 aliphatic carbocycles. The molecule has 206 valence electrons. The first-order valence-corrected chi connectivity index (χ1v) is 13.3. The van der Waals surface area contributed by atoms with Crippen molar-refractivity contribution in [3.63, 3.8) is 0 Å². The van der Waals surface area contributed by atoms with Crippen molar-refractivity contribution in [1.29, 1.82) is 0 Å². The lowest BCUT2D eigenvalue weighted by molar-refractivity contribution is -0.114. The number of halogens is 1. The van der Waals surface area contributed by atoms with Crippen molar-refractivity contribution in [2.75, 3.05) is 16.4 Å². The summed E-state index contributed by atoms with van der Waals surface area (Å²) in [4.78, 5) is 50.1. The third kappa shape index (κ3) is 8.38. The van der Waals surface area contributed by atoms with Crippen LogP contribution in [0.4, 0.5) is 15.8 Å². The average molecular weight is 569 g/mol. The summed E-state index contributed by atoms with van der Waals surface area (Å²) in [5.41, 5.74) is 6.89. The van der Waals surface area contributed by atoms with Gasteiger partial charge in [-0.15, -0.1) is 11.8 Å². The molecule has 0 aliphatic heterocycles. The summed E-state index contributed by atoms with van der Waals surface area (Å²) in [6.07, 6.45) is 1.27. The maximum atomic E-state index is 14.3. The van der Waals surface area contributed by atoms with Crippen LogP contribution >= 0.6 is 11.8 Å². The minimum absolute atomic E-state index is 0.129. The first kappa shape index (κ1) is 28.8. The second-order valence-corrected chi connectivity index (χ2v) is 9.71. The zero-order chi connectivity index (χ0) is 29.2. The number of carbonyl (C=O) groups excluding carboxylic acids is 4. The lowest BCUT2D eigenvalue weighted by atomic mass is 10.1. The van der Waals surface area contributed by atoms with Crippen LogP contribution in [0.1, 0.15) is 26.3 Å². The van der Waals surface area contributed by atoms with E-state index >= 15 is 0 Å². The minimum Gasteiger partial charge on any atom is -0.366 e. The molecular weight excluding hydrogens is 543 g/mol. The van der Waals surface area contributed by atoms with Gasteiger partial charge in [0.05, 0.1) is 5.75 Å². The second-order valence-electron chi connectivity index (χ2n) is 8.66. The molecule has 0 bridgehead atoms. The molecule has 0 atom stereocenters. The topological polar surface area (TPSA) is 130 Å². The molecule has 5 N–H and O–H groups in total. The maximum Gasteiger partial charge on any atom is 0.272 e. The number of nitrogens with one attached hydrogen (secondary N) is 3. The summed E-state index contributed by atoms with van der Waals surface area (Å²) in [6, 6.07) is 27.3. The molecule has 4 aromatic carbocycles. The van der Waals surface area contributed by atoms with Gasteiger partial charge in [0.1, 0.15) is 11.5 Å². The summed E-state index contributed by atoms with van der Waals surface area (Å²) in [5.74, 6) is -2.36. The Bertz CT molecular complexity index is 1590. The Morgan fingerprint density at radius 3 is 2.00 bits per heavy atom. The Hall–Kier alpha value is -5.22. The van der Waals surface area contributed by atoms with Crippen molar-refractivity contribution in [3.05, 3.63) is 131 Å². The fourth-order valence-electron chi connectivity index (χ4n) is 3.59. The smallest absolute Gasteiger partial charge is 0.272 e. The predicted molar refractivity (Wildman–Crippen MR) is 158 cm³/mol. The van der Waals surface area contributed by atoms with Gasteiger partial charge in [-0.05, 0) is 72.8 Å². The highest BCUT2D eigenvalue weighted by atomic mass is 32.2. The maximum absolute atomic E-state index is 14.3. The van der Waals surface area contributed by atoms with E-state index < -0.39 is 23.5 Å². The molecule has 0 saturated carbocycles. The second kappa shape index (κ2) is 13.7. The molecule has 4 aromatic rings. The highest BCUT2D eigenvalue weighted by Gasteiger charge is 2.16. The fourth-order valence-corrected chi connectivity index (χ4v) is 4.29. The van der Waals surface area contributed by atoms with Crippen LogP contribution in [0.25, 0.3) is 6.08 Å².